The van der Waals surface area contributed by atoms with Crippen LogP contribution in [0, 0.1) is 0 Å². The van der Waals surface area contributed by atoms with E-state index < -0.39 is 36.3 Å². The van der Waals surface area contributed by atoms with Gasteiger partial charge in [-0.1, -0.05) is 23.7 Å². The molecule has 1 aliphatic rings. The molecule has 0 saturated heterocycles. The Morgan fingerprint density at radius 3 is 2.61 bits per heavy atom. The van der Waals surface area contributed by atoms with Crippen LogP contribution in [0.3, 0.4) is 0 Å². The second kappa shape index (κ2) is 10.5. The summed E-state index contributed by atoms with van der Waals surface area (Å²) in [5.74, 6) is -2.95. The van der Waals surface area contributed by atoms with E-state index in [1.54, 1.807) is 30.5 Å². The third-order valence-corrected chi connectivity index (χ3v) is 5.86. The molecule has 3 amide bonds. The van der Waals surface area contributed by atoms with Crippen molar-refractivity contribution in [3.05, 3.63) is 88.2 Å². The maximum atomic E-state index is 13.7. The predicted molar refractivity (Wildman–Crippen MR) is 131 cm³/mol. The number of anilines is 2. The van der Waals surface area contributed by atoms with Crippen LogP contribution >= 0.6 is 11.6 Å². The number of aliphatic hydroxyl groups excluding tert-OH is 1. The Balaban J connectivity index is 1.75. The number of carboxylic acid groups (broad SMARTS) is 1. The molecule has 0 bridgehead atoms. The zero-order chi connectivity index (χ0) is 25.8. The number of carbonyl (C=O) groups is 4. The second-order valence-corrected chi connectivity index (χ2v) is 8.48. The summed E-state index contributed by atoms with van der Waals surface area (Å²) in [6.07, 6.45) is 1.72. The van der Waals surface area contributed by atoms with E-state index in [-0.39, 0.29) is 35.5 Å². The van der Waals surface area contributed by atoms with Crippen LogP contribution in [0.4, 0.5) is 11.4 Å². The highest BCUT2D eigenvalue weighted by molar-refractivity contribution is 6.31. The number of aliphatic hydroxyl groups is 1. The summed E-state index contributed by atoms with van der Waals surface area (Å²) >= 11 is 6.08. The molecular formula is C25H21ClN4O6. The molecule has 1 atom stereocenters. The average molecular weight is 509 g/mol. The number of carbonyl (C=O) groups excluding carboxylic acids is 3. The fourth-order valence-electron chi connectivity index (χ4n) is 3.93. The van der Waals surface area contributed by atoms with Gasteiger partial charge in [-0.15, -0.1) is 0 Å². The number of aromatic carboxylic acids is 1. The lowest BCUT2D eigenvalue weighted by Crippen LogP contribution is -2.46. The van der Waals surface area contributed by atoms with Gasteiger partial charge in [-0.25, -0.2) is 4.79 Å². The van der Waals surface area contributed by atoms with Gasteiger partial charge in [-0.05, 0) is 48.0 Å². The van der Waals surface area contributed by atoms with Crippen molar-refractivity contribution in [2.75, 3.05) is 17.2 Å². The maximum absolute atomic E-state index is 13.7. The summed E-state index contributed by atoms with van der Waals surface area (Å²) < 4.78 is 0. The minimum atomic E-state index is -1.28. The zero-order valence-corrected chi connectivity index (χ0v) is 19.5. The number of halogens is 1. The predicted octanol–water partition coefficient (Wildman–Crippen LogP) is 2.57. The minimum absolute atomic E-state index is 0.0424. The molecule has 0 radical (unpaired) electrons. The third-order valence-electron chi connectivity index (χ3n) is 5.62. The molecule has 0 saturated carbocycles. The first kappa shape index (κ1) is 24.8. The normalized spacial score (nSPS) is 15.1. The van der Waals surface area contributed by atoms with Crippen molar-refractivity contribution >= 4 is 46.7 Å². The van der Waals surface area contributed by atoms with E-state index in [1.807, 2.05) is 0 Å². The molecule has 2 heterocycles. The standard InChI is InChI=1S/C25H21ClN4O6/c26-15-5-7-17-20(10-15)29-23(33)21(11-16-3-1-2-8-27-16)30(24(17)34)12-14-4-6-18(25(35)36)19(9-14)28-22(32)13-31/h1-10,21,31H,11-13H2,(H,28,32)(H,29,33)(H,35,36). The number of hydrogen-bond donors (Lipinski definition) is 4. The summed E-state index contributed by atoms with van der Waals surface area (Å²) in [7, 11) is 0. The van der Waals surface area contributed by atoms with Crippen molar-refractivity contribution in [2.24, 2.45) is 0 Å². The molecule has 1 aromatic heterocycles. The first-order valence-corrected chi connectivity index (χ1v) is 11.2. The van der Waals surface area contributed by atoms with Gasteiger partial charge in [0.2, 0.25) is 11.8 Å². The molecule has 2 aromatic carbocycles. The fraction of sp³-hybridized carbons (Fsp3) is 0.160. The van der Waals surface area contributed by atoms with Gasteiger partial charge in [0.05, 0.1) is 22.5 Å². The van der Waals surface area contributed by atoms with Gasteiger partial charge in [-0.2, -0.15) is 0 Å². The molecule has 184 valence electrons. The largest absolute Gasteiger partial charge is 0.478 e. The smallest absolute Gasteiger partial charge is 0.337 e. The molecule has 4 rings (SSSR count). The number of carboxylic acids is 1. The van der Waals surface area contributed by atoms with Crippen LogP contribution in [0.2, 0.25) is 5.02 Å². The summed E-state index contributed by atoms with van der Waals surface area (Å²) in [5, 5.41) is 24.0. The Morgan fingerprint density at radius 2 is 1.92 bits per heavy atom. The molecule has 3 aromatic rings. The number of fused-ring (bicyclic) bond motifs is 1. The lowest BCUT2D eigenvalue weighted by molar-refractivity contribution is -0.120. The SMILES string of the molecule is O=C(CO)Nc1cc(CN2C(=O)c3ccc(Cl)cc3NC(=O)C2Cc2ccccn2)ccc1C(=O)O. The molecule has 0 spiro atoms. The first-order chi connectivity index (χ1) is 17.3. The van der Waals surface area contributed by atoms with E-state index in [9.17, 15) is 24.3 Å². The van der Waals surface area contributed by atoms with E-state index in [1.165, 1.54) is 35.2 Å². The molecular weight excluding hydrogens is 488 g/mol. The summed E-state index contributed by atoms with van der Waals surface area (Å²) in [5.41, 5.74) is 1.34. The molecule has 36 heavy (non-hydrogen) atoms. The molecule has 0 fully saturated rings. The van der Waals surface area contributed by atoms with Gasteiger partial charge in [0.25, 0.3) is 5.91 Å². The van der Waals surface area contributed by atoms with Crippen molar-refractivity contribution < 1.29 is 29.4 Å². The quantitative estimate of drug-likeness (QED) is 0.383. The molecule has 0 aliphatic carbocycles. The number of nitrogens with zero attached hydrogens (tertiary/aromatic N) is 2. The molecule has 1 aliphatic heterocycles. The number of hydrogen-bond acceptors (Lipinski definition) is 6. The number of rotatable bonds is 7. The van der Waals surface area contributed by atoms with E-state index in [2.05, 4.69) is 15.6 Å². The minimum Gasteiger partial charge on any atom is -0.478 e. The number of amides is 3. The highest BCUT2D eigenvalue weighted by Crippen LogP contribution is 2.29. The topological polar surface area (TPSA) is 149 Å². The highest BCUT2D eigenvalue weighted by atomic mass is 35.5. The third kappa shape index (κ3) is 5.35. The van der Waals surface area contributed by atoms with Gasteiger partial charge < -0.3 is 25.7 Å². The first-order valence-electron chi connectivity index (χ1n) is 10.8. The van der Waals surface area contributed by atoms with Gasteiger partial charge in [0, 0.05) is 29.9 Å². The number of pyridine rings is 1. The van der Waals surface area contributed by atoms with Crippen molar-refractivity contribution in [1.82, 2.24) is 9.88 Å². The van der Waals surface area contributed by atoms with Crippen LogP contribution < -0.4 is 10.6 Å². The number of aromatic nitrogens is 1. The van der Waals surface area contributed by atoms with E-state index in [4.69, 9.17) is 16.7 Å². The maximum Gasteiger partial charge on any atom is 0.337 e. The van der Waals surface area contributed by atoms with Crippen molar-refractivity contribution in [3.63, 3.8) is 0 Å². The Kier molecular flexibility index (Phi) is 7.28. The lowest BCUT2D eigenvalue weighted by atomic mass is 10.0. The van der Waals surface area contributed by atoms with Gasteiger partial charge in [0.15, 0.2) is 0 Å². The second-order valence-electron chi connectivity index (χ2n) is 8.04. The van der Waals surface area contributed by atoms with Crippen molar-refractivity contribution in [1.29, 1.82) is 0 Å². The van der Waals surface area contributed by atoms with Crippen LogP contribution in [0.25, 0.3) is 0 Å². The van der Waals surface area contributed by atoms with Crippen molar-refractivity contribution in [2.45, 2.75) is 19.0 Å². The molecule has 10 nitrogen and oxygen atoms in total. The van der Waals surface area contributed by atoms with Crippen LogP contribution in [0.1, 0.15) is 32.0 Å². The Morgan fingerprint density at radius 1 is 1.11 bits per heavy atom. The zero-order valence-electron chi connectivity index (χ0n) is 18.8. The van der Waals surface area contributed by atoms with Gasteiger partial charge >= 0.3 is 5.97 Å². The summed E-state index contributed by atoms with van der Waals surface area (Å²) in [6.45, 7) is -0.909. The van der Waals surface area contributed by atoms with Crippen LogP contribution in [-0.2, 0) is 22.6 Å². The van der Waals surface area contributed by atoms with Gasteiger partial charge in [0.1, 0.15) is 12.6 Å². The average Bonchev–Trinajstić information content (AvgIpc) is 2.94. The van der Waals surface area contributed by atoms with E-state index in [0.717, 1.165) is 0 Å². The van der Waals surface area contributed by atoms with E-state index in [0.29, 0.717) is 16.3 Å². The Bertz CT molecular complexity index is 1350. The summed E-state index contributed by atoms with van der Waals surface area (Å²) in [6, 6.07) is 13.1. The highest BCUT2D eigenvalue weighted by Gasteiger charge is 2.36. The lowest BCUT2D eigenvalue weighted by Gasteiger charge is -2.29. The Labute approximate surface area is 210 Å². The molecule has 1 unspecified atom stereocenters. The number of nitrogens with one attached hydrogen (secondary N) is 2. The monoisotopic (exact) mass is 508 g/mol. The molecule has 4 N–H and O–H groups in total. The Hall–Kier alpha value is -4.28. The summed E-state index contributed by atoms with van der Waals surface area (Å²) in [4.78, 5) is 55.9. The fourth-order valence-corrected chi connectivity index (χ4v) is 4.10. The number of benzene rings is 2. The van der Waals surface area contributed by atoms with Crippen molar-refractivity contribution in [3.8, 4) is 0 Å². The van der Waals surface area contributed by atoms with Crippen LogP contribution in [0.15, 0.2) is 60.8 Å². The van der Waals surface area contributed by atoms with E-state index >= 15 is 0 Å². The van der Waals surface area contributed by atoms with Crippen LogP contribution in [-0.4, -0.2) is 56.4 Å². The van der Waals surface area contributed by atoms with Gasteiger partial charge in [-0.3, -0.25) is 19.4 Å². The molecule has 11 heteroatoms. The van der Waals surface area contributed by atoms with Crippen LogP contribution in [0.5, 0.6) is 0 Å².